The van der Waals surface area contributed by atoms with Crippen molar-refractivity contribution in [3.8, 4) is 17.2 Å². The van der Waals surface area contributed by atoms with Crippen LogP contribution in [0.15, 0.2) is 55.2 Å². The maximum atomic E-state index is 14.0. The molecular formula is C31H30F3N5O3. The van der Waals surface area contributed by atoms with Gasteiger partial charge >= 0.3 is 6.18 Å². The molecule has 1 saturated carbocycles. The molecule has 0 unspecified atom stereocenters. The summed E-state index contributed by atoms with van der Waals surface area (Å²) in [5.74, 6) is 2.51. The van der Waals surface area contributed by atoms with E-state index in [0.29, 0.717) is 41.4 Å². The van der Waals surface area contributed by atoms with Gasteiger partial charge < -0.3 is 25.4 Å². The van der Waals surface area contributed by atoms with Crippen LogP contribution in [0.4, 0.5) is 19.0 Å². The van der Waals surface area contributed by atoms with Gasteiger partial charge in [0.05, 0.1) is 17.5 Å². The van der Waals surface area contributed by atoms with Crippen molar-refractivity contribution >= 4 is 17.4 Å². The van der Waals surface area contributed by atoms with E-state index in [1.54, 1.807) is 24.4 Å². The molecule has 4 heterocycles. The first kappa shape index (κ1) is 26.8. The molecular weight excluding hydrogens is 547 g/mol. The number of hydrogen-bond donors (Lipinski definition) is 3. The first-order valence-corrected chi connectivity index (χ1v) is 14.1. The van der Waals surface area contributed by atoms with E-state index in [1.165, 1.54) is 6.07 Å². The molecule has 0 bridgehead atoms. The van der Waals surface area contributed by atoms with E-state index < -0.39 is 11.7 Å². The van der Waals surface area contributed by atoms with E-state index in [9.17, 15) is 18.0 Å². The predicted octanol–water partition coefficient (Wildman–Crippen LogP) is 4.67. The first-order chi connectivity index (χ1) is 20.2. The van der Waals surface area contributed by atoms with Crippen molar-refractivity contribution in [2.24, 2.45) is 0 Å². The number of alkyl halides is 3. The first-order valence-electron chi connectivity index (χ1n) is 14.1. The summed E-state index contributed by atoms with van der Waals surface area (Å²) in [5, 5.41) is 9.32. The second kappa shape index (κ2) is 10.3. The highest BCUT2D eigenvalue weighted by Crippen LogP contribution is 2.55. The number of pyridine rings is 1. The van der Waals surface area contributed by atoms with E-state index in [4.69, 9.17) is 9.47 Å². The molecule has 1 aromatic heterocycles. The van der Waals surface area contributed by atoms with Gasteiger partial charge in [-0.2, -0.15) is 13.2 Å². The van der Waals surface area contributed by atoms with Gasteiger partial charge in [-0.25, -0.2) is 4.98 Å². The third-order valence-electron chi connectivity index (χ3n) is 8.37. The SMILES string of the molecule is C=C(N[C@@H]1[C@H]2Oc3ccc(Oc4ccnc5c4CCC(=O)N5)cc3[C@@H]12)c1ccc(CN2CCNCC2)c(C(F)(F)F)c1. The molecule has 1 aliphatic carbocycles. The van der Waals surface area contributed by atoms with Gasteiger partial charge in [0.1, 0.15) is 29.2 Å². The van der Waals surface area contributed by atoms with Gasteiger partial charge in [0.25, 0.3) is 0 Å². The third-order valence-corrected chi connectivity index (χ3v) is 8.37. The third kappa shape index (κ3) is 5.07. The number of halogens is 3. The van der Waals surface area contributed by atoms with Crippen LogP contribution >= 0.6 is 0 Å². The smallest absolute Gasteiger partial charge is 0.416 e. The van der Waals surface area contributed by atoms with Crippen molar-refractivity contribution in [2.45, 2.75) is 43.6 Å². The average Bonchev–Trinajstić information content (AvgIpc) is 3.49. The summed E-state index contributed by atoms with van der Waals surface area (Å²) < 4.78 is 54.4. The summed E-state index contributed by atoms with van der Waals surface area (Å²) >= 11 is 0. The van der Waals surface area contributed by atoms with E-state index in [2.05, 4.69) is 27.5 Å². The van der Waals surface area contributed by atoms with Crippen LogP contribution in [0, 0.1) is 0 Å². The predicted molar refractivity (Wildman–Crippen MR) is 150 cm³/mol. The lowest BCUT2D eigenvalue weighted by molar-refractivity contribution is -0.138. The molecule has 218 valence electrons. The Balaban J connectivity index is 1.05. The fourth-order valence-corrected chi connectivity index (χ4v) is 6.12. The maximum Gasteiger partial charge on any atom is 0.416 e. The van der Waals surface area contributed by atoms with Crippen LogP contribution in [0.3, 0.4) is 0 Å². The molecule has 2 aromatic carbocycles. The largest absolute Gasteiger partial charge is 0.487 e. The van der Waals surface area contributed by atoms with Gasteiger partial charge in [-0.15, -0.1) is 0 Å². The topological polar surface area (TPSA) is 87.7 Å². The minimum atomic E-state index is -4.46. The van der Waals surface area contributed by atoms with Gasteiger partial charge in [-0.3, -0.25) is 9.69 Å². The summed E-state index contributed by atoms with van der Waals surface area (Å²) in [4.78, 5) is 18.0. The molecule has 11 heteroatoms. The highest BCUT2D eigenvalue weighted by Gasteiger charge is 2.59. The summed E-state index contributed by atoms with van der Waals surface area (Å²) in [7, 11) is 0. The van der Waals surface area contributed by atoms with E-state index >= 15 is 0 Å². The van der Waals surface area contributed by atoms with Crippen LogP contribution < -0.4 is 25.4 Å². The van der Waals surface area contributed by atoms with Gasteiger partial charge in [-0.1, -0.05) is 18.7 Å². The van der Waals surface area contributed by atoms with Crippen molar-refractivity contribution in [1.29, 1.82) is 0 Å². The molecule has 3 aromatic rings. The van der Waals surface area contributed by atoms with Crippen LogP contribution in [-0.4, -0.2) is 54.1 Å². The van der Waals surface area contributed by atoms with Crippen LogP contribution in [-0.2, 0) is 23.9 Å². The molecule has 0 radical (unpaired) electrons. The second-order valence-corrected chi connectivity index (χ2v) is 11.1. The van der Waals surface area contributed by atoms with E-state index in [-0.39, 0.29) is 36.1 Å². The van der Waals surface area contributed by atoms with Gasteiger partial charge in [0.15, 0.2) is 0 Å². The Morgan fingerprint density at radius 1 is 1.14 bits per heavy atom. The minimum Gasteiger partial charge on any atom is -0.487 e. The normalized spacial score (nSPS) is 22.7. The molecule has 1 amide bonds. The van der Waals surface area contributed by atoms with Crippen molar-refractivity contribution in [3.63, 3.8) is 0 Å². The molecule has 2 fully saturated rings. The minimum absolute atomic E-state index is 0.0278. The summed E-state index contributed by atoms with van der Waals surface area (Å²) in [6.45, 7) is 7.30. The van der Waals surface area contributed by atoms with Gasteiger partial charge in [0.2, 0.25) is 5.91 Å². The Bertz CT molecular complexity index is 1570. The fourth-order valence-electron chi connectivity index (χ4n) is 6.12. The zero-order valence-corrected chi connectivity index (χ0v) is 22.8. The number of benzene rings is 2. The number of nitrogens with one attached hydrogen (secondary N) is 3. The monoisotopic (exact) mass is 577 g/mol. The lowest BCUT2D eigenvalue weighted by atomic mass is 10.0. The summed E-state index contributed by atoms with van der Waals surface area (Å²) in [6, 6.07) is 11.8. The lowest BCUT2D eigenvalue weighted by Crippen LogP contribution is -2.43. The molecule has 0 spiro atoms. The number of aromatic nitrogens is 1. The molecule has 42 heavy (non-hydrogen) atoms. The molecule has 7 rings (SSSR count). The Morgan fingerprint density at radius 2 is 1.98 bits per heavy atom. The Kier molecular flexibility index (Phi) is 6.58. The number of hydrogen-bond acceptors (Lipinski definition) is 7. The zero-order chi connectivity index (χ0) is 29.0. The summed E-state index contributed by atoms with van der Waals surface area (Å²) in [6.07, 6.45) is -2.08. The highest BCUT2D eigenvalue weighted by molar-refractivity contribution is 5.93. The molecule has 3 N–H and O–H groups in total. The quantitative estimate of drug-likeness (QED) is 0.376. The Hall–Kier alpha value is -4.09. The van der Waals surface area contributed by atoms with Gasteiger partial charge in [0, 0.05) is 62.2 Å². The number of ether oxygens (including phenoxy) is 2. The Morgan fingerprint density at radius 3 is 2.79 bits per heavy atom. The number of rotatable bonds is 7. The van der Waals surface area contributed by atoms with E-state index in [0.717, 1.165) is 43.1 Å². The number of nitrogens with zero attached hydrogens (tertiary/aromatic N) is 2. The number of carbonyl (C=O) groups is 1. The molecule has 3 aliphatic heterocycles. The molecule has 8 nitrogen and oxygen atoms in total. The number of amides is 1. The van der Waals surface area contributed by atoms with Crippen molar-refractivity contribution in [2.75, 3.05) is 31.5 Å². The number of fused-ring (bicyclic) bond motifs is 4. The second-order valence-electron chi connectivity index (χ2n) is 11.1. The van der Waals surface area contributed by atoms with Crippen molar-refractivity contribution < 1.29 is 27.4 Å². The Labute approximate surface area is 240 Å². The average molecular weight is 578 g/mol. The lowest BCUT2D eigenvalue weighted by Gasteiger charge is -2.28. The van der Waals surface area contributed by atoms with Crippen LogP contribution in [0.5, 0.6) is 17.2 Å². The summed E-state index contributed by atoms with van der Waals surface area (Å²) in [5.41, 5.74) is 2.30. The number of carbonyl (C=O) groups excluding carboxylic acids is 1. The zero-order valence-electron chi connectivity index (χ0n) is 22.8. The number of piperazine rings is 1. The maximum absolute atomic E-state index is 14.0. The van der Waals surface area contributed by atoms with Crippen LogP contribution in [0.2, 0.25) is 0 Å². The highest BCUT2D eigenvalue weighted by atomic mass is 19.4. The molecule has 4 aliphatic rings. The van der Waals surface area contributed by atoms with Crippen LogP contribution in [0.25, 0.3) is 5.70 Å². The fraction of sp³-hybridized carbons (Fsp3) is 0.355. The van der Waals surface area contributed by atoms with Crippen LogP contribution in [0.1, 0.15) is 40.2 Å². The molecule has 3 atom stereocenters. The molecule has 1 saturated heterocycles. The van der Waals surface area contributed by atoms with Crippen molar-refractivity contribution in [3.05, 3.63) is 83.1 Å². The van der Waals surface area contributed by atoms with E-state index in [1.807, 2.05) is 23.1 Å². The standard InChI is InChI=1S/C31H30F3N5O3/c1-17(18-2-3-19(23(14-18)31(32,33)34)16-39-12-10-35-11-13-39)37-28-27-22-15-20(4-6-24(22)42-29(27)28)41-25-8-9-36-30-21(25)5-7-26(40)38-30/h2-4,6,8-9,14-15,27-29,35,37H,1,5,7,10-13,16H2,(H,36,38,40)/t27-,28-,29-/m0/s1. The van der Waals surface area contributed by atoms with Gasteiger partial charge in [-0.05, 0) is 47.9 Å². The number of anilines is 1. The van der Waals surface area contributed by atoms with Crippen molar-refractivity contribution in [1.82, 2.24) is 20.5 Å².